The summed E-state index contributed by atoms with van der Waals surface area (Å²) in [5.74, 6) is 0.681. The molecule has 1 N–H and O–H groups in total. The van der Waals surface area contributed by atoms with Gasteiger partial charge in [0.2, 0.25) is 0 Å². The Kier molecular flexibility index (Phi) is 5.52. The molecule has 0 amide bonds. The minimum absolute atomic E-state index is 0.286. The van der Waals surface area contributed by atoms with Gasteiger partial charge in [-0.15, -0.1) is 11.6 Å². The lowest BCUT2D eigenvalue weighted by molar-refractivity contribution is 0.501. The number of hydrogen-bond donors (Lipinski definition) is 1. The summed E-state index contributed by atoms with van der Waals surface area (Å²) >= 11 is 6.24. The molecule has 1 aliphatic carbocycles. The Labute approximate surface area is 116 Å². The average molecular weight is 266 g/mol. The summed E-state index contributed by atoms with van der Waals surface area (Å²) in [7, 11) is 0. The van der Waals surface area contributed by atoms with Crippen LogP contribution in [0.15, 0.2) is 24.3 Å². The number of fused-ring (bicyclic) bond motifs is 1. The Morgan fingerprint density at radius 2 is 2.22 bits per heavy atom. The summed E-state index contributed by atoms with van der Waals surface area (Å²) in [6.45, 7) is 4.20. The number of alkyl halides is 1. The van der Waals surface area contributed by atoms with Crippen LogP contribution in [0, 0.1) is 0 Å². The van der Waals surface area contributed by atoms with Crippen LogP contribution in [0.25, 0.3) is 0 Å². The van der Waals surface area contributed by atoms with Crippen molar-refractivity contribution in [1.82, 2.24) is 5.32 Å². The molecule has 2 unspecified atom stereocenters. The maximum atomic E-state index is 6.24. The van der Waals surface area contributed by atoms with Crippen molar-refractivity contribution in [1.29, 1.82) is 0 Å². The van der Waals surface area contributed by atoms with Gasteiger partial charge in [0.25, 0.3) is 0 Å². The molecule has 0 bridgehead atoms. The molecule has 2 heteroatoms. The fourth-order valence-corrected chi connectivity index (χ4v) is 3.22. The van der Waals surface area contributed by atoms with Crippen molar-refractivity contribution in [3.63, 3.8) is 0 Å². The van der Waals surface area contributed by atoms with Gasteiger partial charge >= 0.3 is 0 Å². The number of nitrogens with one attached hydrogen (secondary N) is 1. The van der Waals surface area contributed by atoms with Gasteiger partial charge in [-0.1, -0.05) is 37.6 Å². The first-order chi connectivity index (χ1) is 8.81. The van der Waals surface area contributed by atoms with Crippen LogP contribution >= 0.6 is 11.6 Å². The predicted octanol–water partition coefficient (Wildman–Crippen LogP) is 4.10. The summed E-state index contributed by atoms with van der Waals surface area (Å²) in [5, 5.41) is 3.83. The van der Waals surface area contributed by atoms with E-state index in [2.05, 4.69) is 36.5 Å². The van der Waals surface area contributed by atoms with Gasteiger partial charge < -0.3 is 5.32 Å². The van der Waals surface area contributed by atoms with Gasteiger partial charge in [-0.2, -0.15) is 0 Å². The van der Waals surface area contributed by atoms with Crippen molar-refractivity contribution in [3.8, 4) is 0 Å². The first kappa shape index (κ1) is 13.9. The first-order valence-corrected chi connectivity index (χ1v) is 7.67. The molecule has 18 heavy (non-hydrogen) atoms. The standard InChI is InChI=1S/C16H24ClN/c1-2-6-15(17)12-18-11-14-9-5-8-13-7-3-4-10-16(13)14/h3-4,7,10,14-15,18H,2,5-6,8-9,11-12H2,1H3. The molecule has 1 aliphatic rings. The molecule has 100 valence electrons. The zero-order valence-corrected chi connectivity index (χ0v) is 12.0. The van der Waals surface area contributed by atoms with E-state index in [9.17, 15) is 0 Å². The van der Waals surface area contributed by atoms with E-state index in [1.165, 1.54) is 25.7 Å². The van der Waals surface area contributed by atoms with Crippen LogP contribution < -0.4 is 5.32 Å². The van der Waals surface area contributed by atoms with E-state index in [4.69, 9.17) is 11.6 Å². The lowest BCUT2D eigenvalue weighted by Crippen LogP contribution is -2.29. The maximum Gasteiger partial charge on any atom is 0.0460 e. The van der Waals surface area contributed by atoms with Crippen LogP contribution in [0.2, 0.25) is 0 Å². The Balaban J connectivity index is 1.84. The maximum absolute atomic E-state index is 6.24. The SMILES string of the molecule is CCCC(Cl)CNCC1CCCc2ccccc21. The van der Waals surface area contributed by atoms with Gasteiger partial charge in [0.1, 0.15) is 0 Å². The summed E-state index contributed by atoms with van der Waals surface area (Å²) in [4.78, 5) is 0. The predicted molar refractivity (Wildman–Crippen MR) is 79.5 cm³/mol. The van der Waals surface area contributed by atoms with E-state index < -0.39 is 0 Å². The lowest BCUT2D eigenvalue weighted by Gasteiger charge is -2.26. The molecule has 0 heterocycles. The molecule has 0 radical (unpaired) electrons. The monoisotopic (exact) mass is 265 g/mol. The van der Waals surface area contributed by atoms with Gasteiger partial charge in [-0.25, -0.2) is 0 Å². The largest absolute Gasteiger partial charge is 0.315 e. The van der Waals surface area contributed by atoms with Crippen molar-refractivity contribution in [2.75, 3.05) is 13.1 Å². The van der Waals surface area contributed by atoms with Crippen LogP contribution in [-0.2, 0) is 6.42 Å². The fraction of sp³-hybridized carbons (Fsp3) is 0.625. The first-order valence-electron chi connectivity index (χ1n) is 7.24. The molecule has 0 saturated carbocycles. The summed E-state index contributed by atoms with van der Waals surface area (Å²) in [6.07, 6.45) is 6.16. The van der Waals surface area contributed by atoms with Crippen LogP contribution in [0.5, 0.6) is 0 Å². The number of aryl methyl sites for hydroxylation is 1. The molecule has 2 atom stereocenters. The zero-order chi connectivity index (χ0) is 12.8. The molecular weight excluding hydrogens is 242 g/mol. The van der Waals surface area contributed by atoms with Crippen molar-refractivity contribution in [3.05, 3.63) is 35.4 Å². The van der Waals surface area contributed by atoms with Crippen molar-refractivity contribution in [2.45, 2.75) is 50.3 Å². The topological polar surface area (TPSA) is 12.0 Å². The Morgan fingerprint density at radius 3 is 3.06 bits per heavy atom. The van der Waals surface area contributed by atoms with Crippen LogP contribution in [-0.4, -0.2) is 18.5 Å². The van der Waals surface area contributed by atoms with Crippen LogP contribution in [0.3, 0.4) is 0 Å². The average Bonchev–Trinajstić information content (AvgIpc) is 2.39. The highest BCUT2D eigenvalue weighted by Crippen LogP contribution is 2.30. The van der Waals surface area contributed by atoms with Gasteiger partial charge in [-0.05, 0) is 42.7 Å². The molecular formula is C16H24ClN. The molecule has 0 aliphatic heterocycles. The van der Waals surface area contributed by atoms with Crippen molar-refractivity contribution >= 4 is 11.6 Å². The number of halogens is 1. The van der Waals surface area contributed by atoms with E-state index >= 15 is 0 Å². The highest BCUT2D eigenvalue weighted by atomic mass is 35.5. The second-order valence-corrected chi connectivity index (χ2v) is 5.95. The van der Waals surface area contributed by atoms with Crippen molar-refractivity contribution in [2.24, 2.45) is 0 Å². The highest BCUT2D eigenvalue weighted by molar-refractivity contribution is 6.20. The highest BCUT2D eigenvalue weighted by Gasteiger charge is 2.19. The second-order valence-electron chi connectivity index (χ2n) is 5.33. The molecule has 0 saturated heterocycles. The van der Waals surface area contributed by atoms with Crippen LogP contribution in [0.4, 0.5) is 0 Å². The molecule has 1 aromatic carbocycles. The quantitative estimate of drug-likeness (QED) is 0.764. The van der Waals surface area contributed by atoms with Crippen LogP contribution in [0.1, 0.15) is 49.7 Å². The lowest BCUT2D eigenvalue weighted by atomic mass is 9.83. The Hall–Kier alpha value is -0.530. The molecule has 1 nitrogen and oxygen atoms in total. The number of rotatable bonds is 6. The van der Waals surface area contributed by atoms with E-state index in [0.717, 1.165) is 19.5 Å². The number of hydrogen-bond acceptors (Lipinski definition) is 1. The third kappa shape index (κ3) is 3.73. The minimum Gasteiger partial charge on any atom is -0.315 e. The summed E-state index contributed by atoms with van der Waals surface area (Å²) in [6, 6.07) is 8.90. The molecule has 0 spiro atoms. The van der Waals surface area contributed by atoms with Gasteiger partial charge in [0, 0.05) is 18.5 Å². The number of benzene rings is 1. The van der Waals surface area contributed by atoms with Gasteiger partial charge in [-0.3, -0.25) is 0 Å². The van der Waals surface area contributed by atoms with Crippen molar-refractivity contribution < 1.29 is 0 Å². The normalized spacial score (nSPS) is 20.4. The molecule has 0 aromatic heterocycles. The zero-order valence-electron chi connectivity index (χ0n) is 11.3. The third-order valence-corrected chi connectivity index (χ3v) is 4.22. The second kappa shape index (κ2) is 7.16. The molecule has 1 aromatic rings. The minimum atomic E-state index is 0.286. The van der Waals surface area contributed by atoms with Gasteiger partial charge in [0.15, 0.2) is 0 Å². The van der Waals surface area contributed by atoms with E-state index in [1.54, 1.807) is 11.1 Å². The van der Waals surface area contributed by atoms with E-state index in [1.807, 2.05) is 0 Å². The third-order valence-electron chi connectivity index (χ3n) is 3.85. The molecule has 0 fully saturated rings. The smallest absolute Gasteiger partial charge is 0.0460 e. The van der Waals surface area contributed by atoms with Gasteiger partial charge in [0.05, 0.1) is 0 Å². The fourth-order valence-electron chi connectivity index (χ4n) is 2.90. The van der Waals surface area contributed by atoms with E-state index in [0.29, 0.717) is 5.92 Å². The Bertz CT molecular complexity index is 364. The summed E-state index contributed by atoms with van der Waals surface area (Å²) < 4.78 is 0. The van der Waals surface area contributed by atoms with E-state index in [-0.39, 0.29) is 5.38 Å². The summed E-state index contributed by atoms with van der Waals surface area (Å²) in [5.41, 5.74) is 3.10. The molecule has 2 rings (SSSR count). The Morgan fingerprint density at radius 1 is 1.39 bits per heavy atom.